The predicted octanol–water partition coefficient (Wildman–Crippen LogP) is 1.34. The molecule has 0 radical (unpaired) electrons. The van der Waals surface area contributed by atoms with Gasteiger partial charge in [-0.1, -0.05) is 0 Å². The van der Waals surface area contributed by atoms with Crippen molar-refractivity contribution in [3.63, 3.8) is 0 Å². The van der Waals surface area contributed by atoms with Crippen LogP contribution in [0.5, 0.6) is 5.75 Å². The number of amides is 1. The van der Waals surface area contributed by atoms with E-state index in [-0.39, 0.29) is 11.6 Å². The van der Waals surface area contributed by atoms with E-state index in [2.05, 4.69) is 0 Å². The van der Waals surface area contributed by atoms with Crippen LogP contribution in [-0.2, 0) is 4.79 Å². The zero-order valence-electron chi connectivity index (χ0n) is 8.84. The molecule has 2 rings (SSSR count). The highest BCUT2D eigenvalue weighted by molar-refractivity contribution is 5.99. The molecule has 1 aliphatic rings. The zero-order valence-corrected chi connectivity index (χ0v) is 8.84. The van der Waals surface area contributed by atoms with Crippen LogP contribution in [0.4, 0.5) is 11.4 Å². The van der Waals surface area contributed by atoms with Crippen molar-refractivity contribution in [3.8, 4) is 5.75 Å². The van der Waals surface area contributed by atoms with Gasteiger partial charge in [0.15, 0.2) is 6.10 Å². The van der Waals surface area contributed by atoms with Gasteiger partial charge in [0.05, 0.1) is 10.6 Å². The first-order chi connectivity index (χ1) is 7.50. The molecule has 1 atom stereocenters. The molecule has 0 aliphatic carbocycles. The van der Waals surface area contributed by atoms with E-state index in [9.17, 15) is 14.9 Å². The maximum Gasteiger partial charge on any atom is 0.271 e. The average molecular weight is 222 g/mol. The highest BCUT2D eigenvalue weighted by atomic mass is 16.6. The van der Waals surface area contributed by atoms with E-state index >= 15 is 0 Å². The molecule has 0 bridgehead atoms. The quantitative estimate of drug-likeness (QED) is 0.531. The summed E-state index contributed by atoms with van der Waals surface area (Å²) in [6.45, 7) is 1.64. The van der Waals surface area contributed by atoms with E-state index in [1.165, 1.54) is 23.1 Å². The Hall–Kier alpha value is -2.11. The van der Waals surface area contributed by atoms with Gasteiger partial charge in [-0.05, 0) is 13.0 Å². The number of carbonyl (C=O) groups excluding carboxylic acids is 1. The minimum atomic E-state index is -0.557. The minimum Gasteiger partial charge on any atom is -0.479 e. The second-order valence-electron chi connectivity index (χ2n) is 3.57. The van der Waals surface area contributed by atoms with Crippen molar-refractivity contribution in [2.24, 2.45) is 0 Å². The lowest BCUT2D eigenvalue weighted by atomic mass is 10.2. The van der Waals surface area contributed by atoms with Crippen LogP contribution in [0.2, 0.25) is 0 Å². The molecule has 1 aromatic carbocycles. The first-order valence-corrected chi connectivity index (χ1v) is 4.73. The SMILES string of the molecule is C[C@H]1Oc2ccc([N+](=O)[O-])cc2N(C)C1=O. The molecule has 84 valence electrons. The van der Waals surface area contributed by atoms with Crippen LogP contribution in [0.3, 0.4) is 0 Å². The molecule has 0 spiro atoms. The summed E-state index contributed by atoms with van der Waals surface area (Å²) in [7, 11) is 1.57. The van der Waals surface area contributed by atoms with E-state index < -0.39 is 11.0 Å². The lowest BCUT2D eigenvalue weighted by Gasteiger charge is -2.29. The van der Waals surface area contributed by atoms with Gasteiger partial charge in [-0.15, -0.1) is 0 Å². The second-order valence-corrected chi connectivity index (χ2v) is 3.57. The molecule has 0 unspecified atom stereocenters. The molecular formula is C10H10N2O4. The first-order valence-electron chi connectivity index (χ1n) is 4.73. The van der Waals surface area contributed by atoms with Crippen molar-refractivity contribution >= 4 is 17.3 Å². The van der Waals surface area contributed by atoms with Gasteiger partial charge >= 0.3 is 0 Å². The number of hydrogen-bond acceptors (Lipinski definition) is 4. The molecule has 1 aromatic rings. The van der Waals surface area contributed by atoms with E-state index in [0.29, 0.717) is 11.4 Å². The highest BCUT2D eigenvalue weighted by Crippen LogP contribution is 2.35. The number of non-ortho nitro benzene ring substituents is 1. The van der Waals surface area contributed by atoms with E-state index in [1.54, 1.807) is 14.0 Å². The Balaban J connectivity index is 2.50. The number of benzene rings is 1. The number of hydrogen-bond donors (Lipinski definition) is 0. The Morgan fingerprint density at radius 2 is 2.19 bits per heavy atom. The molecule has 0 aromatic heterocycles. The Labute approximate surface area is 91.6 Å². The summed E-state index contributed by atoms with van der Waals surface area (Å²) in [5.41, 5.74) is 0.369. The monoisotopic (exact) mass is 222 g/mol. The largest absolute Gasteiger partial charge is 0.479 e. The van der Waals surface area contributed by atoms with Gasteiger partial charge in [0, 0.05) is 19.2 Å². The Kier molecular flexibility index (Phi) is 2.26. The van der Waals surface area contributed by atoms with Crippen LogP contribution in [0.15, 0.2) is 18.2 Å². The summed E-state index contributed by atoms with van der Waals surface area (Å²) >= 11 is 0. The van der Waals surface area contributed by atoms with Crippen LogP contribution in [-0.4, -0.2) is 24.0 Å². The van der Waals surface area contributed by atoms with Crippen LogP contribution in [0.1, 0.15) is 6.92 Å². The molecule has 6 nitrogen and oxygen atoms in total. The van der Waals surface area contributed by atoms with Gasteiger partial charge < -0.3 is 9.64 Å². The standard InChI is InChI=1S/C10H10N2O4/c1-6-10(13)11(2)8-5-7(12(14)15)3-4-9(8)16-6/h3-6H,1-2H3/t6-/m1/s1. The van der Waals surface area contributed by atoms with Crippen molar-refractivity contribution in [2.75, 3.05) is 11.9 Å². The maximum absolute atomic E-state index is 11.6. The van der Waals surface area contributed by atoms with Gasteiger partial charge in [-0.3, -0.25) is 14.9 Å². The number of nitrogens with zero attached hydrogens (tertiary/aromatic N) is 2. The molecule has 0 saturated carbocycles. The van der Waals surface area contributed by atoms with Gasteiger partial charge in [-0.25, -0.2) is 0 Å². The fourth-order valence-electron chi connectivity index (χ4n) is 1.61. The topological polar surface area (TPSA) is 72.7 Å². The fourth-order valence-corrected chi connectivity index (χ4v) is 1.61. The third-order valence-corrected chi connectivity index (χ3v) is 2.50. The van der Waals surface area contributed by atoms with Crippen LogP contribution >= 0.6 is 0 Å². The van der Waals surface area contributed by atoms with Crippen LogP contribution in [0.25, 0.3) is 0 Å². The van der Waals surface area contributed by atoms with Crippen molar-refractivity contribution in [3.05, 3.63) is 28.3 Å². The van der Waals surface area contributed by atoms with Crippen molar-refractivity contribution in [1.29, 1.82) is 0 Å². The summed E-state index contributed by atoms with van der Waals surface area (Å²) in [5, 5.41) is 10.6. The number of ether oxygens (including phenoxy) is 1. The van der Waals surface area contributed by atoms with Gasteiger partial charge in [0.2, 0.25) is 0 Å². The summed E-state index contributed by atoms with van der Waals surface area (Å²) in [6.07, 6.45) is -0.557. The Morgan fingerprint density at radius 1 is 1.50 bits per heavy atom. The predicted molar refractivity (Wildman–Crippen MR) is 56.6 cm³/mol. The van der Waals surface area contributed by atoms with E-state index in [0.717, 1.165) is 0 Å². The summed E-state index contributed by atoms with van der Waals surface area (Å²) in [4.78, 5) is 23.1. The van der Waals surface area contributed by atoms with Crippen LogP contribution in [0, 0.1) is 10.1 Å². The Morgan fingerprint density at radius 3 is 2.81 bits per heavy atom. The molecule has 1 amide bonds. The van der Waals surface area contributed by atoms with Crippen molar-refractivity contribution < 1.29 is 14.5 Å². The van der Waals surface area contributed by atoms with Gasteiger partial charge in [-0.2, -0.15) is 0 Å². The van der Waals surface area contributed by atoms with Crippen molar-refractivity contribution in [1.82, 2.24) is 0 Å². The molecular weight excluding hydrogens is 212 g/mol. The molecule has 1 aliphatic heterocycles. The number of carbonyl (C=O) groups is 1. The fraction of sp³-hybridized carbons (Fsp3) is 0.300. The molecule has 6 heteroatoms. The zero-order chi connectivity index (χ0) is 11.9. The molecule has 1 heterocycles. The van der Waals surface area contributed by atoms with Gasteiger partial charge in [0.1, 0.15) is 5.75 Å². The number of fused-ring (bicyclic) bond motifs is 1. The molecule has 16 heavy (non-hydrogen) atoms. The van der Waals surface area contributed by atoms with Crippen molar-refractivity contribution in [2.45, 2.75) is 13.0 Å². The third kappa shape index (κ3) is 1.48. The Bertz CT molecular complexity index is 472. The average Bonchev–Trinajstić information content (AvgIpc) is 2.25. The number of nitro benzene ring substituents is 1. The maximum atomic E-state index is 11.6. The lowest BCUT2D eigenvalue weighted by Crippen LogP contribution is -2.41. The second kappa shape index (κ2) is 3.48. The number of anilines is 1. The number of likely N-dealkylation sites (N-methyl/N-ethyl adjacent to an activating group) is 1. The highest BCUT2D eigenvalue weighted by Gasteiger charge is 2.30. The molecule has 0 saturated heterocycles. The third-order valence-electron chi connectivity index (χ3n) is 2.50. The number of nitro groups is 1. The van der Waals surface area contributed by atoms with E-state index in [1.807, 2.05) is 0 Å². The van der Waals surface area contributed by atoms with E-state index in [4.69, 9.17) is 4.74 Å². The van der Waals surface area contributed by atoms with Gasteiger partial charge in [0.25, 0.3) is 11.6 Å². The normalized spacial score (nSPS) is 19.0. The molecule has 0 fully saturated rings. The lowest BCUT2D eigenvalue weighted by molar-refractivity contribution is -0.384. The number of rotatable bonds is 1. The smallest absolute Gasteiger partial charge is 0.271 e. The minimum absolute atomic E-state index is 0.0587. The summed E-state index contributed by atoms with van der Waals surface area (Å²) < 4.78 is 5.34. The first kappa shape index (κ1) is 10.4. The summed E-state index contributed by atoms with van der Waals surface area (Å²) in [6, 6.07) is 4.20. The molecule has 0 N–H and O–H groups in total. The van der Waals surface area contributed by atoms with Crippen LogP contribution < -0.4 is 9.64 Å². The summed E-state index contributed by atoms with van der Waals surface area (Å²) in [5.74, 6) is 0.271.